The van der Waals surface area contributed by atoms with Crippen molar-refractivity contribution in [1.82, 2.24) is 4.98 Å². The van der Waals surface area contributed by atoms with Gasteiger partial charge < -0.3 is 4.74 Å². The largest absolute Gasteiger partial charge is 0.482 e. The molecule has 0 bridgehead atoms. The molecular formula is C6H8BrNOS. The van der Waals surface area contributed by atoms with Gasteiger partial charge >= 0.3 is 0 Å². The summed E-state index contributed by atoms with van der Waals surface area (Å²) in [6.45, 7) is 4.61. The first kappa shape index (κ1) is 8.01. The Bertz CT molecular complexity index is 224. The first-order chi connectivity index (χ1) is 4.74. The monoisotopic (exact) mass is 221 g/mol. The van der Waals surface area contributed by atoms with Crippen LogP contribution in [0.4, 0.5) is 0 Å². The van der Waals surface area contributed by atoms with Gasteiger partial charge in [-0.1, -0.05) is 11.3 Å². The topological polar surface area (TPSA) is 22.1 Å². The molecule has 0 radical (unpaired) electrons. The lowest BCUT2D eigenvalue weighted by molar-refractivity contribution is 0.347. The molecule has 0 aliphatic heterocycles. The zero-order chi connectivity index (χ0) is 7.56. The predicted molar refractivity (Wildman–Crippen MR) is 45.7 cm³/mol. The van der Waals surface area contributed by atoms with Gasteiger partial charge in [0.2, 0.25) is 5.06 Å². The maximum Gasteiger partial charge on any atom is 0.209 e. The minimum absolute atomic E-state index is 0.695. The number of rotatable bonds is 2. The molecule has 0 saturated carbocycles. The van der Waals surface area contributed by atoms with Gasteiger partial charge in [-0.2, -0.15) is 0 Å². The normalized spacial score (nSPS) is 9.90. The van der Waals surface area contributed by atoms with E-state index in [0.29, 0.717) is 6.61 Å². The molecule has 0 aliphatic rings. The Balaban J connectivity index is 2.81. The van der Waals surface area contributed by atoms with Crippen molar-refractivity contribution >= 4 is 27.3 Å². The Morgan fingerprint density at radius 2 is 2.40 bits per heavy atom. The molecule has 0 N–H and O–H groups in total. The molecule has 0 aliphatic carbocycles. The van der Waals surface area contributed by atoms with E-state index in [-0.39, 0.29) is 0 Å². The second-order valence-corrected chi connectivity index (χ2v) is 3.66. The lowest BCUT2D eigenvalue weighted by Gasteiger charge is -1.95. The van der Waals surface area contributed by atoms with Crippen molar-refractivity contribution < 1.29 is 4.74 Å². The van der Waals surface area contributed by atoms with Crippen LogP contribution in [0.25, 0.3) is 0 Å². The second-order valence-electron chi connectivity index (χ2n) is 1.74. The van der Waals surface area contributed by atoms with Gasteiger partial charge in [0.25, 0.3) is 0 Å². The van der Waals surface area contributed by atoms with Crippen LogP contribution in [0.2, 0.25) is 0 Å². The summed E-state index contributed by atoms with van der Waals surface area (Å²) in [4.78, 5) is 4.14. The van der Waals surface area contributed by atoms with E-state index < -0.39 is 0 Å². The maximum absolute atomic E-state index is 5.27. The van der Waals surface area contributed by atoms with Gasteiger partial charge in [0.1, 0.15) is 0 Å². The quantitative estimate of drug-likeness (QED) is 0.767. The summed E-state index contributed by atoms with van der Waals surface area (Å²) in [5.41, 5.74) is 0. The molecule has 1 aromatic rings. The summed E-state index contributed by atoms with van der Waals surface area (Å²) in [5, 5.41) is 1.90. The Labute approximate surface area is 72.4 Å². The number of aryl methyl sites for hydroxylation is 1. The number of thiazole rings is 1. The third kappa shape index (κ3) is 1.70. The molecule has 1 aromatic heterocycles. The van der Waals surface area contributed by atoms with Crippen LogP contribution in [-0.4, -0.2) is 11.6 Å². The SMILES string of the molecule is CCOc1sc(C)nc1Br. The average molecular weight is 222 g/mol. The predicted octanol–water partition coefficient (Wildman–Crippen LogP) is 2.61. The molecule has 1 rings (SSSR count). The number of halogens is 1. The highest BCUT2D eigenvalue weighted by atomic mass is 79.9. The molecule has 56 valence electrons. The maximum atomic E-state index is 5.27. The minimum Gasteiger partial charge on any atom is -0.482 e. The highest BCUT2D eigenvalue weighted by Gasteiger charge is 2.04. The number of aromatic nitrogens is 1. The van der Waals surface area contributed by atoms with Crippen LogP contribution in [0, 0.1) is 6.92 Å². The lowest BCUT2D eigenvalue weighted by Crippen LogP contribution is -1.88. The summed E-state index contributed by atoms with van der Waals surface area (Å²) in [7, 11) is 0. The van der Waals surface area contributed by atoms with Crippen molar-refractivity contribution in [3.63, 3.8) is 0 Å². The summed E-state index contributed by atoms with van der Waals surface area (Å²) in [6.07, 6.45) is 0. The van der Waals surface area contributed by atoms with E-state index in [0.717, 1.165) is 14.7 Å². The van der Waals surface area contributed by atoms with Crippen LogP contribution >= 0.6 is 27.3 Å². The molecule has 0 atom stereocenters. The molecule has 0 saturated heterocycles. The molecule has 0 amide bonds. The molecule has 4 heteroatoms. The molecule has 0 unspecified atom stereocenters. The van der Waals surface area contributed by atoms with Crippen LogP contribution < -0.4 is 4.74 Å². The van der Waals surface area contributed by atoms with E-state index in [1.165, 1.54) is 0 Å². The highest BCUT2D eigenvalue weighted by molar-refractivity contribution is 9.10. The summed E-state index contributed by atoms with van der Waals surface area (Å²) in [5.74, 6) is 0. The number of nitrogens with zero attached hydrogens (tertiary/aromatic N) is 1. The van der Waals surface area contributed by atoms with Crippen molar-refractivity contribution in [2.75, 3.05) is 6.61 Å². The zero-order valence-electron chi connectivity index (χ0n) is 5.85. The first-order valence-corrected chi connectivity index (χ1v) is 4.60. The fourth-order valence-electron chi connectivity index (χ4n) is 0.603. The van der Waals surface area contributed by atoms with Gasteiger partial charge in [-0.05, 0) is 29.8 Å². The van der Waals surface area contributed by atoms with Crippen LogP contribution in [0.5, 0.6) is 5.06 Å². The van der Waals surface area contributed by atoms with Gasteiger partial charge in [0.05, 0.1) is 11.6 Å². The van der Waals surface area contributed by atoms with E-state index >= 15 is 0 Å². The first-order valence-electron chi connectivity index (χ1n) is 2.99. The number of hydrogen-bond acceptors (Lipinski definition) is 3. The third-order valence-electron chi connectivity index (χ3n) is 0.940. The summed E-state index contributed by atoms with van der Waals surface area (Å²) in [6, 6.07) is 0. The van der Waals surface area contributed by atoms with Crippen LogP contribution in [0.15, 0.2) is 4.60 Å². The molecule has 2 nitrogen and oxygen atoms in total. The molecule has 0 aromatic carbocycles. The van der Waals surface area contributed by atoms with Crippen LogP contribution in [0.1, 0.15) is 11.9 Å². The summed E-state index contributed by atoms with van der Waals surface area (Å²) >= 11 is 4.85. The average Bonchev–Trinajstić information content (AvgIpc) is 2.13. The Morgan fingerprint density at radius 1 is 1.70 bits per heavy atom. The highest BCUT2D eigenvalue weighted by Crippen LogP contribution is 2.30. The number of hydrogen-bond donors (Lipinski definition) is 0. The second kappa shape index (κ2) is 3.34. The van der Waals surface area contributed by atoms with Gasteiger partial charge in [0.15, 0.2) is 4.60 Å². The van der Waals surface area contributed by atoms with Crippen LogP contribution in [-0.2, 0) is 0 Å². The van der Waals surface area contributed by atoms with E-state index in [9.17, 15) is 0 Å². The smallest absolute Gasteiger partial charge is 0.209 e. The minimum atomic E-state index is 0.695. The van der Waals surface area contributed by atoms with Crippen molar-refractivity contribution in [2.45, 2.75) is 13.8 Å². The fraction of sp³-hybridized carbons (Fsp3) is 0.500. The van der Waals surface area contributed by atoms with Crippen LogP contribution in [0.3, 0.4) is 0 Å². The van der Waals surface area contributed by atoms with Crippen molar-refractivity contribution in [2.24, 2.45) is 0 Å². The molecule has 0 fully saturated rings. The Kier molecular flexibility index (Phi) is 2.68. The summed E-state index contributed by atoms with van der Waals surface area (Å²) < 4.78 is 6.08. The van der Waals surface area contributed by atoms with Gasteiger partial charge in [0, 0.05) is 0 Å². The van der Waals surface area contributed by atoms with Gasteiger partial charge in [-0.15, -0.1) is 0 Å². The molecule has 0 spiro atoms. The van der Waals surface area contributed by atoms with Gasteiger partial charge in [-0.3, -0.25) is 0 Å². The third-order valence-corrected chi connectivity index (χ3v) is 2.62. The standard InChI is InChI=1S/C6H8BrNOS/c1-3-9-6-5(7)8-4(2)10-6/h3H2,1-2H3. The Morgan fingerprint density at radius 3 is 2.80 bits per heavy atom. The van der Waals surface area contributed by atoms with E-state index in [1.54, 1.807) is 11.3 Å². The molecule has 10 heavy (non-hydrogen) atoms. The Hall–Kier alpha value is -0.0900. The van der Waals surface area contributed by atoms with E-state index in [2.05, 4.69) is 20.9 Å². The van der Waals surface area contributed by atoms with Gasteiger partial charge in [-0.25, -0.2) is 4.98 Å². The number of ether oxygens (including phenoxy) is 1. The zero-order valence-corrected chi connectivity index (χ0v) is 8.25. The van der Waals surface area contributed by atoms with E-state index in [1.807, 2.05) is 13.8 Å². The fourth-order valence-corrected chi connectivity index (χ4v) is 2.06. The lowest BCUT2D eigenvalue weighted by atomic mass is 10.8. The van der Waals surface area contributed by atoms with Crippen molar-refractivity contribution in [1.29, 1.82) is 0 Å². The molecule has 1 heterocycles. The molecular weight excluding hydrogens is 214 g/mol. The van der Waals surface area contributed by atoms with E-state index in [4.69, 9.17) is 4.74 Å². The van der Waals surface area contributed by atoms with Crippen molar-refractivity contribution in [3.05, 3.63) is 9.61 Å². The van der Waals surface area contributed by atoms with Crippen molar-refractivity contribution in [3.8, 4) is 5.06 Å².